The van der Waals surface area contributed by atoms with Gasteiger partial charge in [-0.15, -0.1) is 0 Å². The van der Waals surface area contributed by atoms with Gasteiger partial charge in [0.25, 0.3) is 5.91 Å². The SMILES string of the molecule is NC(=O)C1(Oc2ccc3c(c2)CCCC3)CCCC1. The van der Waals surface area contributed by atoms with Gasteiger partial charge in [-0.05, 0) is 74.6 Å². The van der Waals surface area contributed by atoms with Crippen LogP contribution in [0.5, 0.6) is 5.75 Å². The van der Waals surface area contributed by atoms with E-state index in [0.29, 0.717) is 0 Å². The van der Waals surface area contributed by atoms with E-state index in [1.54, 1.807) is 0 Å². The lowest BCUT2D eigenvalue weighted by Gasteiger charge is -2.27. The molecule has 3 rings (SSSR count). The number of rotatable bonds is 3. The van der Waals surface area contributed by atoms with Crippen LogP contribution >= 0.6 is 0 Å². The lowest BCUT2D eigenvalue weighted by molar-refractivity contribution is -0.132. The maximum Gasteiger partial charge on any atom is 0.261 e. The molecule has 2 aliphatic rings. The summed E-state index contributed by atoms with van der Waals surface area (Å²) in [6.07, 6.45) is 8.35. The standard InChI is InChI=1S/C16H21NO2/c17-15(18)16(9-3-4-10-16)19-14-8-7-12-5-1-2-6-13(12)11-14/h7-8,11H,1-6,9-10H2,(H2,17,18). The summed E-state index contributed by atoms with van der Waals surface area (Å²) in [4.78, 5) is 11.7. The van der Waals surface area contributed by atoms with Crippen molar-refractivity contribution in [3.63, 3.8) is 0 Å². The number of amides is 1. The highest BCUT2D eigenvalue weighted by atomic mass is 16.5. The van der Waals surface area contributed by atoms with Gasteiger partial charge in [-0.2, -0.15) is 0 Å². The molecular formula is C16H21NO2. The van der Waals surface area contributed by atoms with Crippen LogP contribution in [0, 0.1) is 0 Å². The molecule has 1 aromatic rings. The molecule has 0 unspecified atom stereocenters. The van der Waals surface area contributed by atoms with Gasteiger partial charge in [-0.25, -0.2) is 0 Å². The summed E-state index contributed by atoms with van der Waals surface area (Å²) in [6.45, 7) is 0. The Morgan fingerprint density at radius 3 is 2.42 bits per heavy atom. The summed E-state index contributed by atoms with van der Waals surface area (Å²) in [7, 11) is 0. The monoisotopic (exact) mass is 259 g/mol. The first-order valence-corrected chi connectivity index (χ1v) is 7.30. The first-order valence-electron chi connectivity index (χ1n) is 7.30. The third-order valence-electron chi connectivity index (χ3n) is 4.49. The quantitative estimate of drug-likeness (QED) is 0.907. The van der Waals surface area contributed by atoms with Crippen molar-refractivity contribution in [1.29, 1.82) is 0 Å². The molecule has 102 valence electrons. The summed E-state index contributed by atoms with van der Waals surface area (Å²) < 4.78 is 6.02. The van der Waals surface area contributed by atoms with Gasteiger partial charge >= 0.3 is 0 Å². The number of nitrogens with two attached hydrogens (primary N) is 1. The third kappa shape index (κ3) is 2.34. The number of primary amides is 1. The summed E-state index contributed by atoms with van der Waals surface area (Å²) >= 11 is 0. The van der Waals surface area contributed by atoms with Crippen LogP contribution in [0.25, 0.3) is 0 Å². The zero-order valence-corrected chi connectivity index (χ0v) is 11.3. The van der Waals surface area contributed by atoms with Crippen molar-refractivity contribution in [2.75, 3.05) is 0 Å². The van der Waals surface area contributed by atoms with E-state index >= 15 is 0 Å². The molecule has 3 heteroatoms. The van der Waals surface area contributed by atoms with Crippen molar-refractivity contribution in [3.05, 3.63) is 29.3 Å². The Balaban J connectivity index is 1.84. The summed E-state index contributed by atoms with van der Waals surface area (Å²) in [6, 6.07) is 6.25. The lowest BCUT2D eigenvalue weighted by Crippen LogP contribution is -2.46. The Morgan fingerprint density at radius 1 is 1.05 bits per heavy atom. The van der Waals surface area contributed by atoms with Crippen molar-refractivity contribution in [1.82, 2.24) is 0 Å². The predicted molar refractivity (Wildman–Crippen MR) is 74.1 cm³/mol. The fourth-order valence-corrected chi connectivity index (χ4v) is 3.34. The molecule has 1 aromatic carbocycles. The molecule has 0 heterocycles. The molecule has 1 saturated carbocycles. The van der Waals surface area contributed by atoms with Crippen LogP contribution in [0.15, 0.2) is 18.2 Å². The topological polar surface area (TPSA) is 52.3 Å². The van der Waals surface area contributed by atoms with Gasteiger partial charge in [0.2, 0.25) is 0 Å². The molecule has 0 atom stereocenters. The van der Waals surface area contributed by atoms with Crippen LogP contribution < -0.4 is 10.5 Å². The summed E-state index contributed by atoms with van der Waals surface area (Å²) in [5, 5.41) is 0. The maximum atomic E-state index is 11.7. The highest BCUT2D eigenvalue weighted by Crippen LogP contribution is 2.35. The first kappa shape index (κ1) is 12.5. The van der Waals surface area contributed by atoms with Crippen LogP contribution in [-0.2, 0) is 17.6 Å². The maximum absolute atomic E-state index is 11.7. The van der Waals surface area contributed by atoms with Crippen molar-refractivity contribution in [3.8, 4) is 5.75 Å². The lowest BCUT2D eigenvalue weighted by atomic mass is 9.91. The minimum atomic E-state index is -0.761. The van der Waals surface area contributed by atoms with E-state index in [1.807, 2.05) is 6.07 Å². The summed E-state index contributed by atoms with van der Waals surface area (Å²) in [5.41, 5.74) is 7.60. The van der Waals surface area contributed by atoms with Gasteiger partial charge in [-0.1, -0.05) is 6.07 Å². The molecule has 1 amide bonds. The average Bonchev–Trinajstić information content (AvgIpc) is 2.88. The fourth-order valence-electron chi connectivity index (χ4n) is 3.34. The zero-order valence-electron chi connectivity index (χ0n) is 11.3. The van der Waals surface area contributed by atoms with Crippen LogP contribution in [0.4, 0.5) is 0 Å². The normalized spacial score (nSPS) is 20.8. The molecule has 0 bridgehead atoms. The van der Waals surface area contributed by atoms with Gasteiger partial charge < -0.3 is 10.5 Å². The number of carbonyl (C=O) groups is 1. The first-order chi connectivity index (χ1) is 9.20. The molecule has 2 N–H and O–H groups in total. The molecule has 0 aliphatic heterocycles. The second-order valence-electron chi connectivity index (χ2n) is 5.81. The van der Waals surface area contributed by atoms with E-state index in [4.69, 9.17) is 10.5 Å². The number of ether oxygens (including phenoxy) is 1. The van der Waals surface area contributed by atoms with Crippen LogP contribution in [-0.4, -0.2) is 11.5 Å². The smallest absolute Gasteiger partial charge is 0.261 e. The van der Waals surface area contributed by atoms with Gasteiger partial charge in [0.1, 0.15) is 5.75 Å². The van der Waals surface area contributed by atoms with Gasteiger partial charge in [0.05, 0.1) is 0 Å². The number of hydrogen-bond acceptors (Lipinski definition) is 2. The molecule has 0 radical (unpaired) electrons. The summed E-state index contributed by atoms with van der Waals surface area (Å²) in [5.74, 6) is 0.490. The molecule has 0 spiro atoms. The predicted octanol–water partition coefficient (Wildman–Crippen LogP) is 2.74. The van der Waals surface area contributed by atoms with E-state index < -0.39 is 5.60 Å². The fraction of sp³-hybridized carbons (Fsp3) is 0.562. The average molecular weight is 259 g/mol. The van der Waals surface area contributed by atoms with Gasteiger partial charge in [-0.3, -0.25) is 4.79 Å². The van der Waals surface area contributed by atoms with E-state index in [9.17, 15) is 4.79 Å². The largest absolute Gasteiger partial charge is 0.477 e. The number of carbonyl (C=O) groups excluding carboxylic acids is 1. The van der Waals surface area contributed by atoms with Crippen molar-refractivity contribution >= 4 is 5.91 Å². The van der Waals surface area contributed by atoms with Gasteiger partial charge in [0.15, 0.2) is 5.60 Å². The van der Waals surface area contributed by atoms with Crippen LogP contribution in [0.3, 0.4) is 0 Å². The number of benzene rings is 1. The molecule has 19 heavy (non-hydrogen) atoms. The highest BCUT2D eigenvalue weighted by molar-refractivity contribution is 5.84. The zero-order chi connectivity index (χ0) is 13.3. The Hall–Kier alpha value is -1.51. The highest BCUT2D eigenvalue weighted by Gasteiger charge is 2.42. The second kappa shape index (κ2) is 4.87. The number of fused-ring (bicyclic) bond motifs is 1. The molecule has 0 aromatic heterocycles. The molecular weight excluding hydrogens is 238 g/mol. The Morgan fingerprint density at radius 2 is 1.74 bits per heavy atom. The van der Waals surface area contributed by atoms with E-state index in [1.165, 1.54) is 24.0 Å². The van der Waals surface area contributed by atoms with Gasteiger partial charge in [0, 0.05) is 0 Å². The minimum absolute atomic E-state index is 0.317. The van der Waals surface area contributed by atoms with Crippen molar-refractivity contribution in [2.24, 2.45) is 5.73 Å². The van der Waals surface area contributed by atoms with Crippen molar-refractivity contribution < 1.29 is 9.53 Å². The van der Waals surface area contributed by atoms with Crippen LogP contribution in [0.2, 0.25) is 0 Å². The second-order valence-corrected chi connectivity index (χ2v) is 5.81. The Bertz CT molecular complexity index is 490. The Kier molecular flexibility index (Phi) is 3.21. The molecule has 0 saturated heterocycles. The number of aryl methyl sites for hydroxylation is 2. The van der Waals surface area contributed by atoms with E-state index in [2.05, 4.69) is 12.1 Å². The molecule has 3 nitrogen and oxygen atoms in total. The van der Waals surface area contributed by atoms with Crippen molar-refractivity contribution in [2.45, 2.75) is 57.0 Å². The third-order valence-corrected chi connectivity index (χ3v) is 4.49. The minimum Gasteiger partial charge on any atom is -0.477 e. The van der Waals surface area contributed by atoms with E-state index in [0.717, 1.165) is 44.3 Å². The van der Waals surface area contributed by atoms with Crippen LogP contribution in [0.1, 0.15) is 49.7 Å². The number of hydrogen-bond donors (Lipinski definition) is 1. The van der Waals surface area contributed by atoms with E-state index in [-0.39, 0.29) is 5.91 Å². The Labute approximate surface area is 114 Å². The molecule has 1 fully saturated rings. The molecule has 2 aliphatic carbocycles.